The number of aliphatic hydroxyl groups excluding tert-OH is 1. The number of allylic oxidation sites excluding steroid dienone is 3. The van der Waals surface area contributed by atoms with Crippen molar-refractivity contribution in [1.29, 1.82) is 0 Å². The number of aliphatic hydroxyl groups is 1. The Hall–Kier alpha value is -1.35. The maximum atomic E-state index is 12.0. The van der Waals surface area contributed by atoms with Gasteiger partial charge in [-0.2, -0.15) is 0 Å². The second kappa shape index (κ2) is 11.2. The molecule has 0 heterocycles. The van der Waals surface area contributed by atoms with Crippen LogP contribution in [0.3, 0.4) is 0 Å². The first-order chi connectivity index (χ1) is 11.1. The Kier molecular flexibility index (Phi) is 9.61. The molecule has 0 saturated heterocycles. The fraction of sp³-hybridized carbons (Fsp3) is 0.421. The van der Waals surface area contributed by atoms with Crippen molar-refractivity contribution >= 4 is 25.4 Å². The molecule has 2 atom stereocenters. The summed E-state index contributed by atoms with van der Waals surface area (Å²) in [4.78, 5) is 11.6. The number of hydrogen-bond acceptors (Lipinski definition) is 3. The molecule has 0 bridgehead atoms. The molecule has 1 aromatic carbocycles. The molecule has 3 nitrogen and oxygen atoms in total. The number of methoxy groups -OCH3 is 1. The Morgan fingerprint density at radius 2 is 2.04 bits per heavy atom. The molecular weight excluding hydrogens is 355 g/mol. The fourth-order valence-corrected chi connectivity index (χ4v) is 4.42. The standard InChI is InChI=1S/C19H26O3Se/c1-4-5-7-10-15(2)13-14-17(20)18(19(21)22-3)23-16-11-8-6-9-12-16/h4,6,8-12,17-18,20H,1,5,7,13-14H2,2-3H3/b15-10+/t17-,18+/m0/s1. The van der Waals surface area contributed by atoms with Crippen molar-refractivity contribution in [2.45, 2.75) is 43.5 Å². The molecular formula is C19H26O3Se. The van der Waals surface area contributed by atoms with Gasteiger partial charge in [0.05, 0.1) is 0 Å². The van der Waals surface area contributed by atoms with E-state index >= 15 is 0 Å². The Morgan fingerprint density at radius 1 is 1.35 bits per heavy atom. The van der Waals surface area contributed by atoms with Gasteiger partial charge >= 0.3 is 145 Å². The number of benzene rings is 1. The molecule has 23 heavy (non-hydrogen) atoms. The van der Waals surface area contributed by atoms with Gasteiger partial charge in [0.25, 0.3) is 0 Å². The van der Waals surface area contributed by atoms with E-state index < -0.39 is 10.9 Å². The summed E-state index contributed by atoms with van der Waals surface area (Å²) in [5, 5.41) is 10.5. The molecule has 0 aliphatic heterocycles. The van der Waals surface area contributed by atoms with E-state index in [9.17, 15) is 9.90 Å². The number of carbonyl (C=O) groups excluding carboxylic acids is 1. The summed E-state index contributed by atoms with van der Waals surface area (Å²) in [6.45, 7) is 5.77. The molecule has 0 aromatic heterocycles. The molecule has 1 aromatic rings. The van der Waals surface area contributed by atoms with E-state index in [1.165, 1.54) is 12.7 Å². The van der Waals surface area contributed by atoms with Gasteiger partial charge in [0.1, 0.15) is 0 Å². The van der Waals surface area contributed by atoms with Crippen molar-refractivity contribution in [2.24, 2.45) is 0 Å². The molecule has 0 aliphatic carbocycles. The summed E-state index contributed by atoms with van der Waals surface area (Å²) in [6, 6.07) is 9.82. The number of carbonyl (C=O) groups is 1. The average molecular weight is 381 g/mol. The summed E-state index contributed by atoms with van der Waals surface area (Å²) in [5.41, 5.74) is 1.24. The minimum atomic E-state index is -0.676. The number of unbranched alkanes of at least 4 members (excludes halogenated alkanes) is 1. The molecule has 0 saturated carbocycles. The first-order valence-electron chi connectivity index (χ1n) is 7.82. The van der Waals surface area contributed by atoms with Gasteiger partial charge in [0, 0.05) is 0 Å². The van der Waals surface area contributed by atoms with Gasteiger partial charge in [0.2, 0.25) is 0 Å². The van der Waals surface area contributed by atoms with Crippen LogP contribution in [0.25, 0.3) is 0 Å². The van der Waals surface area contributed by atoms with Crippen molar-refractivity contribution in [1.82, 2.24) is 0 Å². The van der Waals surface area contributed by atoms with E-state index in [4.69, 9.17) is 4.74 Å². The fourth-order valence-electron chi connectivity index (χ4n) is 2.12. The Bertz CT molecular complexity index is 511. The van der Waals surface area contributed by atoms with E-state index in [1.807, 2.05) is 36.4 Å². The summed E-state index contributed by atoms with van der Waals surface area (Å²) >= 11 is -0.145. The summed E-state index contributed by atoms with van der Waals surface area (Å²) in [5.74, 6) is -0.324. The van der Waals surface area contributed by atoms with Crippen LogP contribution in [0.2, 0.25) is 4.82 Å². The van der Waals surface area contributed by atoms with Crippen LogP contribution in [0.5, 0.6) is 0 Å². The van der Waals surface area contributed by atoms with Gasteiger partial charge in [-0.3, -0.25) is 0 Å². The zero-order valence-electron chi connectivity index (χ0n) is 13.9. The Labute approximate surface area is 145 Å². The van der Waals surface area contributed by atoms with Gasteiger partial charge in [-0.25, -0.2) is 0 Å². The van der Waals surface area contributed by atoms with Crippen LogP contribution in [-0.4, -0.2) is 39.2 Å². The summed E-state index contributed by atoms with van der Waals surface area (Å²) in [7, 11) is 1.38. The first kappa shape index (κ1) is 19.7. The van der Waals surface area contributed by atoms with E-state index in [-0.39, 0.29) is 20.9 Å². The normalized spacial score (nSPS) is 14.1. The predicted molar refractivity (Wildman–Crippen MR) is 96.0 cm³/mol. The molecule has 1 rings (SSSR count). The maximum absolute atomic E-state index is 12.0. The molecule has 0 aliphatic rings. The van der Waals surface area contributed by atoms with Gasteiger partial charge < -0.3 is 0 Å². The van der Waals surface area contributed by atoms with Crippen LogP contribution < -0.4 is 4.46 Å². The third-order valence-electron chi connectivity index (χ3n) is 3.49. The molecule has 0 fully saturated rings. The van der Waals surface area contributed by atoms with Crippen molar-refractivity contribution in [3.8, 4) is 0 Å². The monoisotopic (exact) mass is 382 g/mol. The Morgan fingerprint density at radius 3 is 2.65 bits per heavy atom. The van der Waals surface area contributed by atoms with Crippen LogP contribution in [0.15, 0.2) is 54.6 Å². The number of esters is 1. The van der Waals surface area contributed by atoms with E-state index in [0.717, 1.165) is 23.7 Å². The van der Waals surface area contributed by atoms with Gasteiger partial charge in [-0.15, -0.1) is 0 Å². The van der Waals surface area contributed by atoms with Gasteiger partial charge in [-0.1, -0.05) is 0 Å². The molecule has 0 radical (unpaired) electrons. The van der Waals surface area contributed by atoms with Crippen LogP contribution in [-0.2, 0) is 9.53 Å². The first-order valence-corrected chi connectivity index (χ1v) is 9.67. The van der Waals surface area contributed by atoms with Crippen molar-refractivity contribution < 1.29 is 14.6 Å². The molecule has 0 amide bonds. The second-order valence-corrected chi connectivity index (χ2v) is 7.95. The Balaban J connectivity index is 2.62. The van der Waals surface area contributed by atoms with Crippen molar-refractivity contribution in [3.05, 3.63) is 54.6 Å². The average Bonchev–Trinajstić information content (AvgIpc) is 2.58. The summed E-state index contributed by atoms with van der Waals surface area (Å²) in [6.07, 6.45) is 6.69. The topological polar surface area (TPSA) is 46.5 Å². The van der Waals surface area contributed by atoms with Crippen LogP contribution in [0.1, 0.15) is 32.6 Å². The number of ether oxygens (including phenoxy) is 1. The van der Waals surface area contributed by atoms with E-state index in [1.54, 1.807) is 0 Å². The van der Waals surface area contributed by atoms with Gasteiger partial charge in [-0.05, 0) is 0 Å². The predicted octanol–water partition coefficient (Wildman–Crippen LogP) is 3.03. The summed E-state index contributed by atoms with van der Waals surface area (Å²) < 4.78 is 5.97. The van der Waals surface area contributed by atoms with Crippen LogP contribution in [0.4, 0.5) is 0 Å². The molecule has 126 valence electrons. The van der Waals surface area contributed by atoms with Crippen LogP contribution >= 0.6 is 0 Å². The van der Waals surface area contributed by atoms with Crippen LogP contribution in [0, 0.1) is 0 Å². The zero-order valence-corrected chi connectivity index (χ0v) is 15.6. The van der Waals surface area contributed by atoms with Gasteiger partial charge in [0.15, 0.2) is 0 Å². The van der Waals surface area contributed by atoms with Crippen molar-refractivity contribution in [2.75, 3.05) is 7.11 Å². The third kappa shape index (κ3) is 7.65. The van der Waals surface area contributed by atoms with E-state index in [2.05, 4.69) is 19.6 Å². The second-order valence-electron chi connectivity index (χ2n) is 5.40. The molecule has 4 heteroatoms. The third-order valence-corrected chi connectivity index (χ3v) is 6.22. The van der Waals surface area contributed by atoms with Crippen molar-refractivity contribution in [3.63, 3.8) is 0 Å². The quantitative estimate of drug-likeness (QED) is 0.293. The molecule has 0 spiro atoms. The number of rotatable bonds is 10. The minimum absolute atomic E-state index is 0.145. The molecule has 0 unspecified atom stereocenters. The number of hydrogen-bond donors (Lipinski definition) is 1. The zero-order chi connectivity index (χ0) is 17.1. The van der Waals surface area contributed by atoms with E-state index in [0.29, 0.717) is 6.42 Å². The molecule has 1 N–H and O–H groups in total. The SMILES string of the molecule is C=CCC/C=C(\C)CC[C@H](O)[C@@H]([Se]c1ccccc1)C(=O)OC.